The molecule has 0 radical (unpaired) electrons. The van der Waals surface area contributed by atoms with E-state index >= 15 is 0 Å². The zero-order valence-electron chi connectivity index (χ0n) is 11.4. The van der Waals surface area contributed by atoms with Gasteiger partial charge in [0.25, 0.3) is 0 Å². The summed E-state index contributed by atoms with van der Waals surface area (Å²) in [6, 6.07) is 0. The van der Waals surface area contributed by atoms with Gasteiger partial charge in [-0.15, -0.1) is 0 Å². The molecular formula is C13H25ClO2. The Bertz CT molecular complexity index is 231. The van der Waals surface area contributed by atoms with Gasteiger partial charge in [0.2, 0.25) is 5.24 Å². The number of rotatable bonds is 6. The summed E-state index contributed by atoms with van der Waals surface area (Å²) in [5.41, 5.74) is -0.774. The third-order valence-corrected chi connectivity index (χ3v) is 3.48. The van der Waals surface area contributed by atoms with Gasteiger partial charge in [-0.2, -0.15) is 0 Å². The van der Waals surface area contributed by atoms with Crippen molar-refractivity contribution in [2.45, 2.75) is 48.0 Å². The van der Waals surface area contributed by atoms with E-state index in [1.54, 1.807) is 0 Å². The van der Waals surface area contributed by atoms with E-state index in [0.29, 0.717) is 19.1 Å². The number of hydrogen-bond acceptors (Lipinski definition) is 2. The molecule has 0 aliphatic carbocycles. The van der Waals surface area contributed by atoms with Crippen LogP contribution < -0.4 is 0 Å². The van der Waals surface area contributed by atoms with Crippen LogP contribution in [0.1, 0.15) is 48.0 Å². The van der Waals surface area contributed by atoms with Gasteiger partial charge in [-0.1, -0.05) is 34.6 Å². The van der Waals surface area contributed by atoms with Crippen molar-refractivity contribution in [2.24, 2.45) is 16.7 Å². The minimum absolute atomic E-state index is 0.189. The molecule has 0 aromatic rings. The standard InChI is InChI=1S/C13H25ClO2/c1-7-16-9-13(11(14)15,8-10(2)3)12(4,5)6/h10H,7-9H2,1-6H3. The summed E-state index contributed by atoms with van der Waals surface area (Å²) < 4.78 is 5.48. The van der Waals surface area contributed by atoms with Crippen LogP contribution in [-0.2, 0) is 9.53 Å². The number of carbonyl (C=O) groups is 1. The van der Waals surface area contributed by atoms with Crippen LogP contribution in [0.3, 0.4) is 0 Å². The molecule has 0 fully saturated rings. The molecule has 1 unspecified atom stereocenters. The van der Waals surface area contributed by atoms with Crippen molar-refractivity contribution in [3.05, 3.63) is 0 Å². The monoisotopic (exact) mass is 248 g/mol. The summed E-state index contributed by atoms with van der Waals surface area (Å²) in [5, 5.41) is -0.276. The predicted molar refractivity (Wildman–Crippen MR) is 68.7 cm³/mol. The Balaban J connectivity index is 5.14. The topological polar surface area (TPSA) is 26.3 Å². The van der Waals surface area contributed by atoms with Crippen molar-refractivity contribution >= 4 is 16.8 Å². The Morgan fingerprint density at radius 2 is 1.81 bits per heavy atom. The van der Waals surface area contributed by atoms with E-state index in [2.05, 4.69) is 34.6 Å². The predicted octanol–water partition coefficient (Wildman–Crippen LogP) is 3.87. The normalized spacial score (nSPS) is 16.2. The lowest BCUT2D eigenvalue weighted by molar-refractivity contribution is -0.134. The molecule has 0 saturated carbocycles. The molecule has 0 heterocycles. The molecule has 0 bridgehead atoms. The zero-order chi connectivity index (χ0) is 13.0. The summed E-state index contributed by atoms with van der Waals surface area (Å²) in [4.78, 5) is 11.8. The maximum absolute atomic E-state index is 11.8. The summed E-state index contributed by atoms with van der Waals surface area (Å²) in [6.45, 7) is 13.3. The molecule has 1 atom stereocenters. The van der Waals surface area contributed by atoms with Gasteiger partial charge in [0.1, 0.15) is 0 Å². The first-order chi connectivity index (χ1) is 7.17. The number of halogens is 1. The molecule has 0 spiro atoms. The fourth-order valence-electron chi connectivity index (χ4n) is 1.99. The number of carbonyl (C=O) groups excluding carboxylic acids is 1. The first kappa shape index (κ1) is 15.9. The Hall–Kier alpha value is -0.0800. The lowest BCUT2D eigenvalue weighted by Gasteiger charge is -2.42. The maximum Gasteiger partial charge on any atom is 0.230 e. The van der Waals surface area contributed by atoms with Gasteiger partial charge in [0.05, 0.1) is 12.0 Å². The van der Waals surface area contributed by atoms with Gasteiger partial charge in [0, 0.05) is 6.61 Å². The van der Waals surface area contributed by atoms with Gasteiger partial charge >= 0.3 is 0 Å². The summed E-state index contributed by atoms with van der Waals surface area (Å²) in [7, 11) is 0. The molecular weight excluding hydrogens is 224 g/mol. The van der Waals surface area contributed by atoms with Gasteiger partial charge < -0.3 is 4.74 Å². The molecule has 0 aromatic carbocycles. The molecule has 0 N–H and O–H groups in total. The lowest BCUT2D eigenvalue weighted by Crippen LogP contribution is -2.46. The van der Waals surface area contributed by atoms with Crippen molar-refractivity contribution in [1.29, 1.82) is 0 Å². The lowest BCUT2D eigenvalue weighted by atomic mass is 9.64. The largest absolute Gasteiger partial charge is 0.381 e. The van der Waals surface area contributed by atoms with Crippen LogP contribution in [0.4, 0.5) is 0 Å². The van der Waals surface area contributed by atoms with Crippen LogP contribution in [0, 0.1) is 16.7 Å². The van der Waals surface area contributed by atoms with Crippen LogP contribution in [0.15, 0.2) is 0 Å². The highest BCUT2D eigenvalue weighted by molar-refractivity contribution is 6.64. The molecule has 0 aromatic heterocycles. The minimum atomic E-state index is -0.585. The Morgan fingerprint density at radius 3 is 2.06 bits per heavy atom. The molecule has 0 rings (SSSR count). The zero-order valence-corrected chi connectivity index (χ0v) is 12.1. The second-order valence-electron chi connectivity index (χ2n) is 5.84. The second kappa shape index (κ2) is 6.02. The average molecular weight is 249 g/mol. The van der Waals surface area contributed by atoms with Gasteiger partial charge in [0.15, 0.2) is 0 Å². The summed E-state index contributed by atoms with van der Waals surface area (Å²) >= 11 is 5.85. The van der Waals surface area contributed by atoms with E-state index in [1.807, 2.05) is 6.92 Å². The Labute approximate surface area is 105 Å². The molecule has 0 aliphatic heterocycles. The number of ether oxygens (including phenoxy) is 1. The average Bonchev–Trinajstić information content (AvgIpc) is 2.09. The van der Waals surface area contributed by atoms with Crippen LogP contribution >= 0.6 is 11.6 Å². The summed E-state index contributed by atoms with van der Waals surface area (Å²) in [6.07, 6.45) is 0.763. The van der Waals surface area contributed by atoms with Crippen molar-refractivity contribution in [2.75, 3.05) is 13.2 Å². The molecule has 0 saturated heterocycles. The Morgan fingerprint density at radius 1 is 1.31 bits per heavy atom. The van der Waals surface area contributed by atoms with Gasteiger partial charge in [-0.05, 0) is 36.3 Å². The van der Waals surface area contributed by atoms with Gasteiger partial charge in [-0.3, -0.25) is 4.79 Å². The third kappa shape index (κ3) is 3.74. The van der Waals surface area contributed by atoms with E-state index in [1.165, 1.54) is 0 Å². The van der Waals surface area contributed by atoms with Gasteiger partial charge in [-0.25, -0.2) is 0 Å². The van der Waals surface area contributed by atoms with E-state index < -0.39 is 5.41 Å². The van der Waals surface area contributed by atoms with E-state index in [-0.39, 0.29) is 10.7 Å². The van der Waals surface area contributed by atoms with Crippen LogP contribution in [0.5, 0.6) is 0 Å². The second-order valence-corrected chi connectivity index (χ2v) is 6.18. The smallest absolute Gasteiger partial charge is 0.230 e. The first-order valence-corrected chi connectivity index (χ1v) is 6.33. The molecule has 16 heavy (non-hydrogen) atoms. The highest BCUT2D eigenvalue weighted by Gasteiger charge is 2.48. The summed E-state index contributed by atoms with van der Waals surface area (Å²) in [5.74, 6) is 0.419. The molecule has 0 aliphatic rings. The van der Waals surface area contributed by atoms with Crippen molar-refractivity contribution < 1.29 is 9.53 Å². The number of hydrogen-bond donors (Lipinski definition) is 0. The van der Waals surface area contributed by atoms with Crippen LogP contribution in [0.25, 0.3) is 0 Å². The molecule has 3 heteroatoms. The van der Waals surface area contributed by atoms with Crippen LogP contribution in [-0.4, -0.2) is 18.5 Å². The van der Waals surface area contributed by atoms with Crippen molar-refractivity contribution in [3.8, 4) is 0 Å². The molecule has 96 valence electrons. The van der Waals surface area contributed by atoms with Crippen molar-refractivity contribution in [1.82, 2.24) is 0 Å². The molecule has 2 nitrogen and oxygen atoms in total. The van der Waals surface area contributed by atoms with Crippen LogP contribution in [0.2, 0.25) is 0 Å². The fourth-order valence-corrected chi connectivity index (χ4v) is 2.40. The van der Waals surface area contributed by atoms with Crippen molar-refractivity contribution in [3.63, 3.8) is 0 Å². The fraction of sp³-hybridized carbons (Fsp3) is 0.923. The SMILES string of the molecule is CCOCC(CC(C)C)(C(=O)Cl)C(C)(C)C. The quantitative estimate of drug-likeness (QED) is 0.667. The van der Waals surface area contributed by atoms with E-state index in [0.717, 1.165) is 6.42 Å². The third-order valence-electron chi connectivity index (χ3n) is 3.12. The highest BCUT2D eigenvalue weighted by Crippen LogP contribution is 2.45. The van der Waals surface area contributed by atoms with E-state index in [9.17, 15) is 4.79 Å². The Kier molecular flexibility index (Phi) is 5.99. The highest BCUT2D eigenvalue weighted by atomic mass is 35.5. The minimum Gasteiger partial charge on any atom is -0.381 e. The maximum atomic E-state index is 11.8. The van der Waals surface area contributed by atoms with E-state index in [4.69, 9.17) is 16.3 Å². The first-order valence-electron chi connectivity index (χ1n) is 5.95. The molecule has 0 amide bonds.